The first kappa shape index (κ1) is 14.3. The molecule has 100 valence electrons. The Morgan fingerprint density at radius 3 is 2.58 bits per heavy atom. The first-order valence-corrected chi connectivity index (χ1v) is 6.99. The van der Waals surface area contributed by atoms with Crippen LogP contribution in [-0.4, -0.2) is 11.5 Å². The SMILES string of the molecule is CCNC(c1cccnc1C)c1cccc(Cl)c1Cl. The van der Waals surface area contributed by atoms with Gasteiger partial charge in [0, 0.05) is 11.9 Å². The Morgan fingerprint density at radius 2 is 1.89 bits per heavy atom. The zero-order chi connectivity index (χ0) is 13.8. The van der Waals surface area contributed by atoms with Crippen molar-refractivity contribution in [2.75, 3.05) is 6.54 Å². The molecule has 1 atom stereocenters. The van der Waals surface area contributed by atoms with Crippen molar-refractivity contribution in [3.05, 3.63) is 63.4 Å². The van der Waals surface area contributed by atoms with Crippen LogP contribution >= 0.6 is 23.2 Å². The van der Waals surface area contributed by atoms with E-state index in [1.165, 1.54) is 0 Å². The Hall–Kier alpha value is -1.09. The molecule has 1 heterocycles. The molecule has 2 aromatic rings. The molecular formula is C15H16Cl2N2. The van der Waals surface area contributed by atoms with E-state index in [-0.39, 0.29) is 6.04 Å². The minimum absolute atomic E-state index is 0.00454. The third kappa shape index (κ3) is 3.08. The molecule has 1 aromatic carbocycles. The first-order valence-electron chi connectivity index (χ1n) is 6.24. The molecular weight excluding hydrogens is 279 g/mol. The fourth-order valence-corrected chi connectivity index (χ4v) is 2.55. The molecule has 1 unspecified atom stereocenters. The predicted octanol–water partition coefficient (Wildman–Crippen LogP) is 4.40. The van der Waals surface area contributed by atoms with Gasteiger partial charge in [-0.25, -0.2) is 0 Å². The minimum atomic E-state index is 0.00454. The summed E-state index contributed by atoms with van der Waals surface area (Å²) in [7, 11) is 0. The summed E-state index contributed by atoms with van der Waals surface area (Å²) in [5.41, 5.74) is 3.09. The van der Waals surface area contributed by atoms with Gasteiger partial charge in [0.15, 0.2) is 0 Å². The topological polar surface area (TPSA) is 24.9 Å². The van der Waals surface area contributed by atoms with Crippen molar-refractivity contribution in [3.8, 4) is 0 Å². The maximum Gasteiger partial charge on any atom is 0.0643 e. The van der Waals surface area contributed by atoms with Crippen LogP contribution in [0.25, 0.3) is 0 Å². The maximum absolute atomic E-state index is 6.33. The molecule has 0 aliphatic heterocycles. The molecule has 4 heteroatoms. The third-order valence-electron chi connectivity index (χ3n) is 3.06. The average Bonchev–Trinajstić information content (AvgIpc) is 2.41. The van der Waals surface area contributed by atoms with Gasteiger partial charge in [0.2, 0.25) is 0 Å². The number of aromatic nitrogens is 1. The Bertz CT molecular complexity index is 570. The molecule has 2 rings (SSSR count). The number of halogens is 2. The number of pyridine rings is 1. The molecule has 1 aromatic heterocycles. The fraction of sp³-hybridized carbons (Fsp3) is 0.267. The van der Waals surface area contributed by atoms with Crippen molar-refractivity contribution in [2.45, 2.75) is 19.9 Å². The van der Waals surface area contributed by atoms with Crippen LogP contribution in [0.4, 0.5) is 0 Å². The summed E-state index contributed by atoms with van der Waals surface area (Å²) < 4.78 is 0. The Balaban J connectivity index is 2.52. The van der Waals surface area contributed by atoms with Gasteiger partial charge in [-0.3, -0.25) is 4.98 Å². The summed E-state index contributed by atoms with van der Waals surface area (Å²) in [4.78, 5) is 4.34. The predicted molar refractivity (Wildman–Crippen MR) is 81.0 cm³/mol. The molecule has 0 saturated heterocycles. The van der Waals surface area contributed by atoms with Gasteiger partial charge in [0.05, 0.1) is 16.1 Å². The lowest BCUT2D eigenvalue weighted by molar-refractivity contribution is 0.625. The number of nitrogens with zero attached hydrogens (tertiary/aromatic N) is 1. The Kier molecular flexibility index (Phi) is 4.81. The van der Waals surface area contributed by atoms with E-state index in [2.05, 4.69) is 23.3 Å². The van der Waals surface area contributed by atoms with Gasteiger partial charge in [-0.2, -0.15) is 0 Å². The van der Waals surface area contributed by atoms with Crippen LogP contribution in [0, 0.1) is 6.92 Å². The van der Waals surface area contributed by atoms with E-state index >= 15 is 0 Å². The summed E-state index contributed by atoms with van der Waals surface area (Å²) >= 11 is 12.4. The molecule has 1 N–H and O–H groups in total. The van der Waals surface area contributed by atoms with Gasteiger partial charge in [0.25, 0.3) is 0 Å². The van der Waals surface area contributed by atoms with Crippen LogP contribution in [0.2, 0.25) is 10.0 Å². The molecule has 0 spiro atoms. The second kappa shape index (κ2) is 6.38. The van der Waals surface area contributed by atoms with Crippen molar-refractivity contribution in [3.63, 3.8) is 0 Å². The van der Waals surface area contributed by atoms with Crippen molar-refractivity contribution in [2.24, 2.45) is 0 Å². The van der Waals surface area contributed by atoms with Gasteiger partial charge in [-0.05, 0) is 36.7 Å². The highest BCUT2D eigenvalue weighted by Crippen LogP contribution is 2.33. The van der Waals surface area contributed by atoms with Gasteiger partial charge < -0.3 is 5.32 Å². The summed E-state index contributed by atoms with van der Waals surface area (Å²) in [5, 5.41) is 4.61. The van der Waals surface area contributed by atoms with E-state index in [9.17, 15) is 0 Å². The van der Waals surface area contributed by atoms with E-state index in [1.54, 1.807) is 12.3 Å². The van der Waals surface area contributed by atoms with Crippen LogP contribution in [-0.2, 0) is 0 Å². The van der Waals surface area contributed by atoms with Crippen molar-refractivity contribution in [1.82, 2.24) is 10.3 Å². The number of rotatable bonds is 4. The zero-order valence-corrected chi connectivity index (χ0v) is 12.5. The van der Waals surface area contributed by atoms with Crippen LogP contribution in [0.3, 0.4) is 0 Å². The smallest absolute Gasteiger partial charge is 0.0643 e. The lowest BCUT2D eigenvalue weighted by atomic mass is 9.97. The standard InChI is InChI=1S/C15H16Cl2N2/c1-3-18-15(11-7-5-9-19-10(11)2)12-6-4-8-13(16)14(12)17/h4-9,15,18H,3H2,1-2H3. The second-order valence-corrected chi connectivity index (χ2v) is 5.10. The summed E-state index contributed by atoms with van der Waals surface area (Å²) in [6, 6.07) is 9.71. The van der Waals surface area contributed by atoms with Gasteiger partial charge in [-0.1, -0.05) is 48.3 Å². The summed E-state index contributed by atoms with van der Waals surface area (Å²) in [6.07, 6.45) is 1.79. The van der Waals surface area contributed by atoms with Crippen LogP contribution < -0.4 is 5.32 Å². The third-order valence-corrected chi connectivity index (χ3v) is 3.89. The largest absolute Gasteiger partial charge is 0.306 e. The van der Waals surface area contributed by atoms with Gasteiger partial charge >= 0.3 is 0 Å². The van der Waals surface area contributed by atoms with E-state index in [4.69, 9.17) is 23.2 Å². The van der Waals surface area contributed by atoms with E-state index in [0.717, 1.165) is 23.4 Å². The lowest BCUT2D eigenvalue weighted by Gasteiger charge is -2.21. The maximum atomic E-state index is 6.33. The summed E-state index contributed by atoms with van der Waals surface area (Å²) in [5.74, 6) is 0. The van der Waals surface area contributed by atoms with Gasteiger partial charge in [-0.15, -0.1) is 0 Å². The Morgan fingerprint density at radius 1 is 1.16 bits per heavy atom. The molecule has 0 fully saturated rings. The van der Waals surface area contributed by atoms with Crippen LogP contribution in [0.15, 0.2) is 36.5 Å². The van der Waals surface area contributed by atoms with Gasteiger partial charge in [0.1, 0.15) is 0 Å². The minimum Gasteiger partial charge on any atom is -0.306 e. The van der Waals surface area contributed by atoms with E-state index < -0.39 is 0 Å². The molecule has 0 saturated carbocycles. The highest BCUT2D eigenvalue weighted by Gasteiger charge is 2.19. The molecule has 0 bridgehead atoms. The zero-order valence-electron chi connectivity index (χ0n) is 11.0. The first-order chi connectivity index (χ1) is 9.15. The van der Waals surface area contributed by atoms with Crippen LogP contribution in [0.5, 0.6) is 0 Å². The lowest BCUT2D eigenvalue weighted by Crippen LogP contribution is -2.23. The molecule has 2 nitrogen and oxygen atoms in total. The van der Waals surface area contributed by atoms with Crippen molar-refractivity contribution < 1.29 is 0 Å². The Labute approximate surface area is 123 Å². The second-order valence-electron chi connectivity index (χ2n) is 4.31. The molecule has 0 radical (unpaired) electrons. The van der Waals surface area contributed by atoms with Crippen molar-refractivity contribution >= 4 is 23.2 Å². The monoisotopic (exact) mass is 294 g/mol. The molecule has 0 amide bonds. The number of aryl methyl sites for hydroxylation is 1. The highest BCUT2D eigenvalue weighted by atomic mass is 35.5. The van der Waals surface area contributed by atoms with Crippen molar-refractivity contribution in [1.29, 1.82) is 0 Å². The number of hydrogen-bond donors (Lipinski definition) is 1. The number of benzene rings is 1. The number of hydrogen-bond acceptors (Lipinski definition) is 2. The number of nitrogens with one attached hydrogen (secondary N) is 1. The van der Waals surface area contributed by atoms with E-state index in [1.807, 2.05) is 25.1 Å². The highest BCUT2D eigenvalue weighted by molar-refractivity contribution is 6.42. The normalized spacial score (nSPS) is 12.4. The molecule has 0 aliphatic carbocycles. The molecule has 0 aliphatic rings. The quantitative estimate of drug-likeness (QED) is 0.904. The van der Waals surface area contributed by atoms with E-state index in [0.29, 0.717) is 10.0 Å². The molecule has 19 heavy (non-hydrogen) atoms. The fourth-order valence-electron chi connectivity index (χ4n) is 2.14. The van der Waals surface area contributed by atoms with Crippen LogP contribution in [0.1, 0.15) is 29.8 Å². The average molecular weight is 295 g/mol. The summed E-state index contributed by atoms with van der Waals surface area (Å²) in [6.45, 7) is 4.90.